The van der Waals surface area contributed by atoms with Gasteiger partial charge in [0, 0.05) is 25.2 Å². The highest BCUT2D eigenvalue weighted by Crippen LogP contribution is 2.29. The molecule has 3 aromatic rings. The van der Waals surface area contributed by atoms with E-state index in [0.717, 1.165) is 18.4 Å². The van der Waals surface area contributed by atoms with Crippen LogP contribution in [0, 0.1) is 12.7 Å². The summed E-state index contributed by atoms with van der Waals surface area (Å²) >= 11 is 0. The quantitative estimate of drug-likeness (QED) is 0.681. The van der Waals surface area contributed by atoms with Gasteiger partial charge in [0.25, 0.3) is 11.8 Å². The third kappa shape index (κ3) is 4.07. The van der Waals surface area contributed by atoms with Crippen molar-refractivity contribution in [3.05, 3.63) is 77.1 Å². The van der Waals surface area contributed by atoms with Gasteiger partial charge in [-0.15, -0.1) is 5.10 Å². The van der Waals surface area contributed by atoms with E-state index in [1.54, 1.807) is 43.1 Å². The van der Waals surface area contributed by atoms with Gasteiger partial charge in [-0.1, -0.05) is 12.1 Å². The summed E-state index contributed by atoms with van der Waals surface area (Å²) in [7, 11) is 1.59. The largest absolute Gasteiger partial charge is 0.355 e. The fourth-order valence-electron chi connectivity index (χ4n) is 3.29. The lowest BCUT2D eigenvalue weighted by Gasteiger charge is -2.21. The third-order valence-corrected chi connectivity index (χ3v) is 5.08. The Hall–Kier alpha value is -3.55. The molecule has 7 nitrogen and oxygen atoms in total. The predicted molar refractivity (Wildman–Crippen MR) is 109 cm³/mol. The molecule has 1 aliphatic carbocycles. The second kappa shape index (κ2) is 8.06. The van der Waals surface area contributed by atoms with E-state index < -0.39 is 0 Å². The van der Waals surface area contributed by atoms with E-state index in [2.05, 4.69) is 15.4 Å². The summed E-state index contributed by atoms with van der Waals surface area (Å²) in [4.78, 5) is 31.0. The predicted octanol–water partition coefficient (Wildman–Crippen LogP) is 2.88. The molecule has 30 heavy (non-hydrogen) atoms. The van der Waals surface area contributed by atoms with E-state index in [-0.39, 0.29) is 29.5 Å². The fraction of sp³-hybridized carbons (Fsp3) is 0.273. The zero-order valence-electron chi connectivity index (χ0n) is 16.8. The molecule has 0 atom stereocenters. The first-order valence-electron chi connectivity index (χ1n) is 9.78. The van der Waals surface area contributed by atoms with Crippen LogP contribution >= 0.6 is 0 Å². The summed E-state index contributed by atoms with van der Waals surface area (Å²) in [6, 6.07) is 13.2. The second-order valence-corrected chi connectivity index (χ2v) is 7.31. The maximum atomic E-state index is 13.2. The Balaban J connectivity index is 1.55. The summed E-state index contributed by atoms with van der Waals surface area (Å²) in [5.74, 6) is -0.0592. The molecule has 2 amide bonds. The zero-order chi connectivity index (χ0) is 21.3. The van der Waals surface area contributed by atoms with Gasteiger partial charge in [0.2, 0.25) is 5.82 Å². The van der Waals surface area contributed by atoms with E-state index in [4.69, 9.17) is 0 Å². The molecule has 1 N–H and O–H groups in total. The topological polar surface area (TPSA) is 80.1 Å². The molecule has 1 heterocycles. The molecule has 1 fully saturated rings. The van der Waals surface area contributed by atoms with Crippen molar-refractivity contribution in [1.82, 2.24) is 25.0 Å². The normalized spacial score (nSPS) is 13.2. The Labute approximate surface area is 173 Å². The Morgan fingerprint density at radius 1 is 1.13 bits per heavy atom. The van der Waals surface area contributed by atoms with Crippen molar-refractivity contribution in [2.75, 3.05) is 7.05 Å². The lowest BCUT2D eigenvalue weighted by atomic mass is 10.1. The number of rotatable bonds is 6. The number of aromatic nitrogens is 3. The maximum absolute atomic E-state index is 13.2. The summed E-state index contributed by atoms with van der Waals surface area (Å²) in [6.45, 7) is 2.17. The lowest BCUT2D eigenvalue weighted by Crippen LogP contribution is -2.33. The monoisotopic (exact) mass is 407 g/mol. The highest BCUT2D eigenvalue weighted by atomic mass is 19.1. The van der Waals surface area contributed by atoms with E-state index in [1.807, 2.05) is 12.1 Å². The highest BCUT2D eigenvalue weighted by Gasteiger charge is 2.35. The van der Waals surface area contributed by atoms with Gasteiger partial charge in [-0.3, -0.25) is 9.59 Å². The summed E-state index contributed by atoms with van der Waals surface area (Å²) < 4.78 is 14.7. The first-order chi connectivity index (χ1) is 14.5. The molecule has 0 saturated heterocycles. The maximum Gasteiger partial charge on any atom is 0.294 e. The molecule has 1 aromatic heterocycles. The minimum absolute atomic E-state index is 0.116. The number of halogens is 1. The van der Waals surface area contributed by atoms with E-state index in [1.165, 1.54) is 16.8 Å². The molecule has 0 bridgehead atoms. The lowest BCUT2D eigenvalue weighted by molar-refractivity contribution is 0.0717. The number of hydrogen-bond acceptors (Lipinski definition) is 4. The number of carbonyl (C=O) groups excluding carboxylic acids is 2. The Morgan fingerprint density at radius 2 is 1.80 bits per heavy atom. The van der Waals surface area contributed by atoms with Crippen LogP contribution < -0.4 is 5.32 Å². The molecule has 1 saturated carbocycles. The van der Waals surface area contributed by atoms with Crippen LogP contribution in [-0.2, 0) is 6.54 Å². The Bertz CT molecular complexity index is 1070. The van der Waals surface area contributed by atoms with Gasteiger partial charge in [0.1, 0.15) is 11.6 Å². The van der Waals surface area contributed by atoms with Gasteiger partial charge < -0.3 is 10.2 Å². The molecule has 0 radical (unpaired) electrons. The Kier molecular flexibility index (Phi) is 5.31. The standard InChI is InChI=1S/C22H22FN5O2/c1-14-25-20(26-28(14)19-9-7-17(23)8-10-19)22(30)27(18-11-12-18)13-15-3-5-16(6-4-15)21(29)24-2/h3-10,18H,11-13H2,1-2H3,(H,24,29). The SMILES string of the molecule is CNC(=O)c1ccc(CN(C(=O)c2nc(C)n(-c3ccc(F)cc3)n2)C2CC2)cc1. The van der Waals surface area contributed by atoms with E-state index in [0.29, 0.717) is 23.6 Å². The van der Waals surface area contributed by atoms with Gasteiger partial charge in [0.15, 0.2) is 0 Å². The molecule has 4 rings (SSSR count). The van der Waals surface area contributed by atoms with Crippen molar-refractivity contribution < 1.29 is 14.0 Å². The van der Waals surface area contributed by atoms with E-state index >= 15 is 0 Å². The van der Waals surface area contributed by atoms with Crippen molar-refractivity contribution in [2.24, 2.45) is 0 Å². The number of benzene rings is 2. The van der Waals surface area contributed by atoms with Crippen molar-refractivity contribution in [3.63, 3.8) is 0 Å². The highest BCUT2D eigenvalue weighted by molar-refractivity contribution is 5.94. The van der Waals surface area contributed by atoms with Gasteiger partial charge in [0.05, 0.1) is 5.69 Å². The molecule has 0 aliphatic heterocycles. The van der Waals surface area contributed by atoms with Crippen LogP contribution in [0.5, 0.6) is 0 Å². The summed E-state index contributed by atoms with van der Waals surface area (Å²) in [5, 5.41) is 6.96. The molecule has 2 aromatic carbocycles. The van der Waals surface area contributed by atoms with Crippen LogP contribution in [0.2, 0.25) is 0 Å². The molecule has 0 spiro atoms. The van der Waals surface area contributed by atoms with Crippen LogP contribution in [0.1, 0.15) is 45.2 Å². The number of hydrogen-bond donors (Lipinski definition) is 1. The molecular formula is C22H22FN5O2. The van der Waals surface area contributed by atoms with Crippen molar-refractivity contribution in [2.45, 2.75) is 32.4 Å². The number of nitrogens with zero attached hydrogens (tertiary/aromatic N) is 4. The van der Waals surface area contributed by atoms with Crippen LogP contribution in [-0.4, -0.2) is 44.6 Å². The van der Waals surface area contributed by atoms with Crippen LogP contribution in [0.15, 0.2) is 48.5 Å². The average molecular weight is 407 g/mol. The smallest absolute Gasteiger partial charge is 0.294 e. The molecule has 0 unspecified atom stereocenters. The van der Waals surface area contributed by atoms with Crippen LogP contribution in [0.3, 0.4) is 0 Å². The summed E-state index contributed by atoms with van der Waals surface area (Å²) in [5.41, 5.74) is 2.14. The minimum atomic E-state index is -0.338. The van der Waals surface area contributed by atoms with Gasteiger partial charge in [-0.25, -0.2) is 14.1 Å². The minimum Gasteiger partial charge on any atom is -0.355 e. The number of carbonyl (C=O) groups is 2. The Morgan fingerprint density at radius 3 is 2.40 bits per heavy atom. The molecule has 1 aliphatic rings. The van der Waals surface area contributed by atoms with Crippen molar-refractivity contribution in [1.29, 1.82) is 0 Å². The van der Waals surface area contributed by atoms with Gasteiger partial charge in [-0.05, 0) is 61.7 Å². The van der Waals surface area contributed by atoms with Gasteiger partial charge in [-0.2, -0.15) is 0 Å². The fourth-order valence-corrected chi connectivity index (χ4v) is 3.29. The van der Waals surface area contributed by atoms with Crippen molar-refractivity contribution in [3.8, 4) is 5.69 Å². The number of amides is 2. The molecule has 154 valence electrons. The number of aryl methyl sites for hydroxylation is 1. The second-order valence-electron chi connectivity index (χ2n) is 7.31. The average Bonchev–Trinajstić information content (AvgIpc) is 3.53. The molecular weight excluding hydrogens is 385 g/mol. The zero-order valence-corrected chi connectivity index (χ0v) is 16.8. The molecule has 8 heteroatoms. The first-order valence-corrected chi connectivity index (χ1v) is 9.78. The first kappa shape index (κ1) is 19.8. The van der Waals surface area contributed by atoms with Crippen LogP contribution in [0.4, 0.5) is 4.39 Å². The number of nitrogens with one attached hydrogen (secondary N) is 1. The van der Waals surface area contributed by atoms with Gasteiger partial charge >= 0.3 is 0 Å². The van der Waals surface area contributed by atoms with Crippen LogP contribution in [0.25, 0.3) is 5.69 Å². The summed E-state index contributed by atoms with van der Waals surface area (Å²) in [6.07, 6.45) is 1.89. The van der Waals surface area contributed by atoms with Crippen molar-refractivity contribution >= 4 is 11.8 Å². The third-order valence-electron chi connectivity index (χ3n) is 5.08. The van der Waals surface area contributed by atoms with E-state index in [9.17, 15) is 14.0 Å².